The maximum absolute atomic E-state index is 10.9. The molecule has 0 atom stereocenters. The van der Waals surface area contributed by atoms with Crippen molar-refractivity contribution in [3.63, 3.8) is 0 Å². The number of amides is 1. The number of benzene rings is 1. The standard InChI is InChI=1S/C12H16N2O3/c1-8-5-6-11(16-3)10(7-8)9(2)13-14-12(15)17-4/h5-7H,1-4H3,(H,14,15)/b13-9-. The maximum atomic E-state index is 10.9. The summed E-state index contributed by atoms with van der Waals surface area (Å²) in [6.45, 7) is 3.76. The van der Waals surface area contributed by atoms with Crippen LogP contribution in [0.25, 0.3) is 0 Å². The number of carbonyl (C=O) groups is 1. The molecule has 0 bridgehead atoms. The lowest BCUT2D eigenvalue weighted by atomic mass is 10.1. The average Bonchev–Trinajstić information content (AvgIpc) is 2.35. The summed E-state index contributed by atoms with van der Waals surface area (Å²) in [6, 6.07) is 5.75. The van der Waals surface area contributed by atoms with E-state index in [1.165, 1.54) is 7.11 Å². The number of hydrogen-bond donors (Lipinski definition) is 1. The van der Waals surface area contributed by atoms with Crippen LogP contribution in [0, 0.1) is 6.92 Å². The summed E-state index contributed by atoms with van der Waals surface area (Å²) in [5.74, 6) is 0.712. The van der Waals surface area contributed by atoms with Gasteiger partial charge < -0.3 is 9.47 Å². The fraction of sp³-hybridized carbons (Fsp3) is 0.333. The third-order valence-corrected chi connectivity index (χ3v) is 2.25. The molecule has 0 saturated carbocycles. The number of nitrogens with one attached hydrogen (secondary N) is 1. The van der Waals surface area contributed by atoms with Crippen LogP contribution >= 0.6 is 0 Å². The van der Waals surface area contributed by atoms with Crippen molar-refractivity contribution in [3.05, 3.63) is 29.3 Å². The molecular weight excluding hydrogens is 220 g/mol. The summed E-state index contributed by atoms with van der Waals surface area (Å²) in [5, 5.41) is 3.93. The summed E-state index contributed by atoms with van der Waals surface area (Å²) in [5.41, 5.74) is 4.85. The molecule has 0 heterocycles. The van der Waals surface area contributed by atoms with Gasteiger partial charge in [-0.25, -0.2) is 10.2 Å². The van der Waals surface area contributed by atoms with Crippen LogP contribution in [-0.4, -0.2) is 26.0 Å². The van der Waals surface area contributed by atoms with Gasteiger partial charge >= 0.3 is 6.09 Å². The van der Waals surface area contributed by atoms with Crippen molar-refractivity contribution in [3.8, 4) is 5.75 Å². The highest BCUT2D eigenvalue weighted by Crippen LogP contribution is 2.20. The van der Waals surface area contributed by atoms with Crippen LogP contribution in [0.3, 0.4) is 0 Å². The molecule has 1 rings (SSSR count). The summed E-state index contributed by atoms with van der Waals surface area (Å²) >= 11 is 0. The molecule has 0 aromatic heterocycles. The predicted octanol–water partition coefficient (Wildman–Crippen LogP) is 2.08. The van der Waals surface area contributed by atoms with E-state index in [9.17, 15) is 4.79 Å². The highest BCUT2D eigenvalue weighted by molar-refractivity contribution is 6.01. The monoisotopic (exact) mass is 236 g/mol. The Balaban J connectivity index is 2.97. The van der Waals surface area contributed by atoms with Gasteiger partial charge in [-0.05, 0) is 26.0 Å². The second kappa shape index (κ2) is 5.89. The quantitative estimate of drug-likeness (QED) is 0.645. The third-order valence-electron chi connectivity index (χ3n) is 2.25. The van der Waals surface area contributed by atoms with E-state index in [1.807, 2.05) is 25.1 Å². The van der Waals surface area contributed by atoms with Crippen LogP contribution in [0.1, 0.15) is 18.1 Å². The van der Waals surface area contributed by atoms with E-state index in [4.69, 9.17) is 4.74 Å². The Morgan fingerprint density at radius 3 is 2.65 bits per heavy atom. The number of hydrazone groups is 1. The zero-order valence-corrected chi connectivity index (χ0v) is 10.4. The molecule has 1 aromatic carbocycles. The maximum Gasteiger partial charge on any atom is 0.427 e. The van der Waals surface area contributed by atoms with Gasteiger partial charge in [-0.1, -0.05) is 11.6 Å². The van der Waals surface area contributed by atoms with E-state index in [0.29, 0.717) is 11.5 Å². The largest absolute Gasteiger partial charge is 0.496 e. The Kier molecular flexibility index (Phi) is 4.51. The molecule has 0 unspecified atom stereocenters. The molecule has 0 fully saturated rings. The van der Waals surface area contributed by atoms with Crippen molar-refractivity contribution in [2.24, 2.45) is 5.10 Å². The van der Waals surface area contributed by atoms with Crippen LogP contribution in [0.2, 0.25) is 0 Å². The normalized spacial score (nSPS) is 10.9. The number of aryl methyl sites for hydroxylation is 1. The number of rotatable bonds is 3. The summed E-state index contributed by atoms with van der Waals surface area (Å²) < 4.78 is 9.66. The summed E-state index contributed by atoms with van der Waals surface area (Å²) in [7, 11) is 2.88. The smallest absolute Gasteiger partial charge is 0.427 e. The van der Waals surface area contributed by atoms with Crippen molar-refractivity contribution in [2.75, 3.05) is 14.2 Å². The van der Waals surface area contributed by atoms with Crippen molar-refractivity contribution in [1.82, 2.24) is 5.43 Å². The van der Waals surface area contributed by atoms with Gasteiger partial charge in [-0.15, -0.1) is 0 Å². The van der Waals surface area contributed by atoms with Crippen LogP contribution in [0.4, 0.5) is 4.79 Å². The minimum absolute atomic E-state index is 0.601. The topological polar surface area (TPSA) is 59.9 Å². The fourth-order valence-electron chi connectivity index (χ4n) is 1.34. The van der Waals surface area contributed by atoms with Crippen molar-refractivity contribution in [1.29, 1.82) is 0 Å². The lowest BCUT2D eigenvalue weighted by Crippen LogP contribution is -2.18. The van der Waals surface area contributed by atoms with Gasteiger partial charge in [0.15, 0.2) is 0 Å². The minimum Gasteiger partial charge on any atom is -0.496 e. The Labute approximate surface area is 100 Å². The molecule has 0 aliphatic heterocycles. The molecule has 1 amide bonds. The first-order valence-electron chi connectivity index (χ1n) is 5.11. The second-order valence-corrected chi connectivity index (χ2v) is 3.50. The van der Waals surface area contributed by atoms with Gasteiger partial charge in [0, 0.05) is 5.56 Å². The first-order valence-corrected chi connectivity index (χ1v) is 5.11. The predicted molar refractivity (Wildman–Crippen MR) is 65.5 cm³/mol. The van der Waals surface area contributed by atoms with Gasteiger partial charge in [-0.3, -0.25) is 0 Å². The molecule has 0 aliphatic rings. The van der Waals surface area contributed by atoms with E-state index >= 15 is 0 Å². The molecular formula is C12H16N2O3. The van der Waals surface area contributed by atoms with Crippen LogP contribution < -0.4 is 10.2 Å². The number of methoxy groups -OCH3 is 2. The van der Waals surface area contributed by atoms with Crippen molar-refractivity contribution in [2.45, 2.75) is 13.8 Å². The molecule has 0 spiro atoms. The summed E-state index contributed by atoms with van der Waals surface area (Å²) in [4.78, 5) is 10.9. The molecule has 1 N–H and O–H groups in total. The first kappa shape index (κ1) is 13.0. The molecule has 5 nitrogen and oxygen atoms in total. The van der Waals surface area contributed by atoms with Crippen LogP contribution in [0.5, 0.6) is 5.75 Å². The number of carbonyl (C=O) groups excluding carboxylic acids is 1. The van der Waals surface area contributed by atoms with E-state index in [1.54, 1.807) is 14.0 Å². The Morgan fingerprint density at radius 2 is 2.06 bits per heavy atom. The van der Waals surface area contributed by atoms with Crippen LogP contribution in [-0.2, 0) is 4.74 Å². The number of nitrogens with zero attached hydrogens (tertiary/aromatic N) is 1. The first-order chi connectivity index (χ1) is 8.08. The third kappa shape index (κ3) is 3.48. The zero-order chi connectivity index (χ0) is 12.8. The Bertz CT molecular complexity index is 441. The van der Waals surface area contributed by atoms with E-state index in [2.05, 4.69) is 15.3 Å². The molecule has 5 heteroatoms. The van der Waals surface area contributed by atoms with Crippen molar-refractivity contribution >= 4 is 11.8 Å². The van der Waals surface area contributed by atoms with E-state index < -0.39 is 6.09 Å². The average molecular weight is 236 g/mol. The lowest BCUT2D eigenvalue weighted by molar-refractivity contribution is 0.171. The lowest BCUT2D eigenvalue weighted by Gasteiger charge is -2.09. The molecule has 17 heavy (non-hydrogen) atoms. The van der Waals surface area contributed by atoms with Crippen molar-refractivity contribution < 1.29 is 14.3 Å². The molecule has 1 aromatic rings. The van der Waals surface area contributed by atoms with Gasteiger partial charge in [0.05, 0.1) is 19.9 Å². The highest BCUT2D eigenvalue weighted by Gasteiger charge is 2.07. The van der Waals surface area contributed by atoms with Gasteiger partial charge in [0.2, 0.25) is 0 Å². The molecule has 0 aliphatic carbocycles. The SMILES string of the molecule is COC(=O)N/N=C(/C)c1cc(C)ccc1OC. The van der Waals surface area contributed by atoms with E-state index in [-0.39, 0.29) is 0 Å². The fourth-order valence-corrected chi connectivity index (χ4v) is 1.34. The van der Waals surface area contributed by atoms with Gasteiger partial charge in [0.1, 0.15) is 5.75 Å². The van der Waals surface area contributed by atoms with Gasteiger partial charge in [-0.2, -0.15) is 5.10 Å². The Morgan fingerprint density at radius 1 is 1.35 bits per heavy atom. The van der Waals surface area contributed by atoms with Gasteiger partial charge in [0.25, 0.3) is 0 Å². The molecule has 0 radical (unpaired) electrons. The minimum atomic E-state index is -0.601. The Hall–Kier alpha value is -2.04. The molecule has 0 saturated heterocycles. The second-order valence-electron chi connectivity index (χ2n) is 3.50. The zero-order valence-electron chi connectivity index (χ0n) is 10.4. The number of ether oxygens (including phenoxy) is 2. The highest BCUT2D eigenvalue weighted by atomic mass is 16.5. The van der Waals surface area contributed by atoms with Crippen LogP contribution in [0.15, 0.2) is 23.3 Å². The molecule has 92 valence electrons. The number of hydrogen-bond acceptors (Lipinski definition) is 4. The summed E-state index contributed by atoms with van der Waals surface area (Å²) in [6.07, 6.45) is -0.601. The van der Waals surface area contributed by atoms with E-state index in [0.717, 1.165) is 11.1 Å².